The predicted octanol–water partition coefficient (Wildman–Crippen LogP) is 1.76. The molecule has 7 nitrogen and oxygen atoms in total. The number of nitrogens with zero attached hydrogens (tertiary/aromatic N) is 3. The Kier molecular flexibility index (Phi) is 5.58. The van der Waals surface area contributed by atoms with Gasteiger partial charge in [-0.25, -0.2) is 0 Å². The normalized spacial score (nSPS) is 14.9. The zero-order valence-corrected chi connectivity index (χ0v) is 15.0. The molecule has 0 aliphatic carbocycles. The van der Waals surface area contributed by atoms with Gasteiger partial charge in [0, 0.05) is 50.7 Å². The fraction of sp³-hybridized carbons (Fsp3) is 0.368. The van der Waals surface area contributed by atoms with Crippen molar-refractivity contribution in [1.29, 1.82) is 0 Å². The second kappa shape index (κ2) is 8.05. The Labute approximate surface area is 152 Å². The van der Waals surface area contributed by atoms with E-state index in [0.717, 1.165) is 18.7 Å². The number of amides is 1. The van der Waals surface area contributed by atoms with Crippen molar-refractivity contribution in [3.63, 3.8) is 0 Å². The molecule has 0 bridgehead atoms. The highest BCUT2D eigenvalue weighted by Crippen LogP contribution is 2.37. The molecule has 2 heterocycles. The number of methoxy groups -OCH3 is 2. The highest BCUT2D eigenvalue weighted by molar-refractivity contribution is 5.94. The number of carbonyl (C=O) groups excluding carboxylic acids is 1. The average molecular weight is 357 g/mol. The van der Waals surface area contributed by atoms with Crippen LogP contribution in [0.4, 0.5) is 0 Å². The zero-order valence-electron chi connectivity index (χ0n) is 15.0. The monoisotopic (exact) mass is 357 g/mol. The lowest BCUT2D eigenvalue weighted by Crippen LogP contribution is -2.48. The number of piperazine rings is 1. The van der Waals surface area contributed by atoms with Gasteiger partial charge in [-0.3, -0.25) is 14.7 Å². The van der Waals surface area contributed by atoms with E-state index in [0.29, 0.717) is 36.7 Å². The molecule has 1 aromatic carbocycles. The van der Waals surface area contributed by atoms with Crippen LogP contribution in [-0.4, -0.2) is 66.2 Å². The lowest BCUT2D eigenvalue weighted by Gasteiger charge is -2.34. The smallest absolute Gasteiger partial charge is 0.254 e. The lowest BCUT2D eigenvalue weighted by atomic mass is 10.1. The summed E-state index contributed by atoms with van der Waals surface area (Å²) in [5.74, 6) is 0.836. The van der Waals surface area contributed by atoms with Crippen LogP contribution in [-0.2, 0) is 6.54 Å². The third-order valence-corrected chi connectivity index (χ3v) is 4.53. The van der Waals surface area contributed by atoms with Crippen molar-refractivity contribution in [3.8, 4) is 17.2 Å². The molecule has 0 saturated carbocycles. The molecule has 0 radical (unpaired) electrons. The molecule has 1 fully saturated rings. The van der Waals surface area contributed by atoms with Crippen LogP contribution in [0.2, 0.25) is 0 Å². The molecule has 26 heavy (non-hydrogen) atoms. The standard InChI is InChI=1S/C19H23N3O4/c1-25-16-11-14(12-17(26-2)18(16)23)13-21-7-9-22(10-8-21)19(24)15-3-5-20-6-4-15/h3-6,11-12,23H,7-10,13H2,1-2H3. The van der Waals surface area contributed by atoms with Crippen molar-refractivity contribution in [2.24, 2.45) is 0 Å². The van der Waals surface area contributed by atoms with Crippen molar-refractivity contribution in [3.05, 3.63) is 47.8 Å². The first-order valence-electron chi connectivity index (χ1n) is 8.48. The summed E-state index contributed by atoms with van der Waals surface area (Å²) in [6.45, 7) is 3.61. The first-order chi connectivity index (χ1) is 12.6. The number of phenols is 1. The Morgan fingerprint density at radius 2 is 1.65 bits per heavy atom. The predicted molar refractivity (Wildman–Crippen MR) is 96.6 cm³/mol. The third-order valence-electron chi connectivity index (χ3n) is 4.53. The lowest BCUT2D eigenvalue weighted by molar-refractivity contribution is 0.0628. The van der Waals surface area contributed by atoms with Crippen LogP contribution in [0.1, 0.15) is 15.9 Å². The van der Waals surface area contributed by atoms with Crippen LogP contribution in [0.5, 0.6) is 17.2 Å². The van der Waals surface area contributed by atoms with E-state index in [2.05, 4.69) is 9.88 Å². The number of pyridine rings is 1. The van der Waals surface area contributed by atoms with Crippen molar-refractivity contribution in [1.82, 2.24) is 14.8 Å². The molecule has 138 valence electrons. The fourth-order valence-corrected chi connectivity index (χ4v) is 3.08. The maximum atomic E-state index is 12.5. The van der Waals surface area contributed by atoms with Crippen LogP contribution in [0.3, 0.4) is 0 Å². The van der Waals surface area contributed by atoms with Gasteiger partial charge >= 0.3 is 0 Å². The van der Waals surface area contributed by atoms with Gasteiger partial charge in [0.05, 0.1) is 14.2 Å². The molecule has 0 atom stereocenters. The number of ether oxygens (including phenoxy) is 2. The minimum absolute atomic E-state index is 0.00603. The number of rotatable bonds is 5. The van der Waals surface area contributed by atoms with Gasteiger partial charge in [0.15, 0.2) is 11.5 Å². The van der Waals surface area contributed by atoms with Gasteiger partial charge in [-0.05, 0) is 29.8 Å². The Balaban J connectivity index is 1.62. The number of aromatic nitrogens is 1. The second-order valence-corrected chi connectivity index (χ2v) is 6.15. The Hall–Kier alpha value is -2.80. The summed E-state index contributed by atoms with van der Waals surface area (Å²) in [7, 11) is 3.03. The summed E-state index contributed by atoms with van der Waals surface area (Å²) in [5, 5.41) is 10.0. The quantitative estimate of drug-likeness (QED) is 0.879. The highest BCUT2D eigenvalue weighted by Gasteiger charge is 2.22. The molecule has 1 aliphatic heterocycles. The fourth-order valence-electron chi connectivity index (χ4n) is 3.08. The number of hydrogen-bond donors (Lipinski definition) is 1. The first kappa shape index (κ1) is 18.0. The second-order valence-electron chi connectivity index (χ2n) is 6.15. The van der Waals surface area contributed by atoms with E-state index >= 15 is 0 Å². The van der Waals surface area contributed by atoms with Crippen molar-refractivity contribution >= 4 is 5.91 Å². The van der Waals surface area contributed by atoms with Crippen LogP contribution in [0.25, 0.3) is 0 Å². The largest absolute Gasteiger partial charge is 0.502 e. The van der Waals surface area contributed by atoms with E-state index < -0.39 is 0 Å². The average Bonchev–Trinajstić information content (AvgIpc) is 2.69. The molecular weight excluding hydrogens is 334 g/mol. The number of aromatic hydroxyl groups is 1. The van der Waals surface area contributed by atoms with Crippen molar-refractivity contribution in [2.75, 3.05) is 40.4 Å². The summed E-state index contributed by atoms with van der Waals surface area (Å²) in [6.07, 6.45) is 3.27. The van der Waals surface area contributed by atoms with E-state index in [-0.39, 0.29) is 11.7 Å². The summed E-state index contributed by atoms with van der Waals surface area (Å²) >= 11 is 0. The maximum absolute atomic E-state index is 12.5. The van der Waals surface area contributed by atoms with Crippen LogP contribution >= 0.6 is 0 Å². The molecular formula is C19H23N3O4. The topological polar surface area (TPSA) is 75.1 Å². The Morgan fingerprint density at radius 1 is 1.08 bits per heavy atom. The number of phenolic OH excluding ortho intramolecular Hbond substituents is 1. The van der Waals surface area contributed by atoms with Gasteiger partial charge in [-0.15, -0.1) is 0 Å². The van der Waals surface area contributed by atoms with Gasteiger partial charge < -0.3 is 19.5 Å². The van der Waals surface area contributed by atoms with E-state index in [1.165, 1.54) is 14.2 Å². The van der Waals surface area contributed by atoms with E-state index in [9.17, 15) is 9.90 Å². The van der Waals surface area contributed by atoms with E-state index in [1.54, 1.807) is 24.5 Å². The van der Waals surface area contributed by atoms with Crippen LogP contribution < -0.4 is 9.47 Å². The zero-order chi connectivity index (χ0) is 18.5. The number of carbonyl (C=O) groups is 1. The SMILES string of the molecule is COc1cc(CN2CCN(C(=O)c3ccncc3)CC2)cc(OC)c1O. The Bertz CT molecular complexity index is 734. The Morgan fingerprint density at radius 3 is 2.19 bits per heavy atom. The summed E-state index contributed by atoms with van der Waals surface area (Å²) < 4.78 is 10.4. The van der Waals surface area contributed by atoms with Crippen molar-refractivity contribution < 1.29 is 19.4 Å². The van der Waals surface area contributed by atoms with Gasteiger partial charge in [0.25, 0.3) is 5.91 Å². The third kappa shape index (κ3) is 3.88. The molecule has 0 unspecified atom stereocenters. The summed E-state index contributed by atoms with van der Waals surface area (Å²) in [6, 6.07) is 7.10. The van der Waals surface area contributed by atoms with Gasteiger partial charge in [-0.1, -0.05) is 0 Å². The van der Waals surface area contributed by atoms with E-state index in [1.807, 2.05) is 17.0 Å². The molecule has 3 rings (SSSR count). The first-order valence-corrected chi connectivity index (χ1v) is 8.48. The number of benzene rings is 1. The molecule has 1 saturated heterocycles. The molecule has 7 heteroatoms. The van der Waals surface area contributed by atoms with Gasteiger partial charge in [0.1, 0.15) is 0 Å². The van der Waals surface area contributed by atoms with Gasteiger partial charge in [0.2, 0.25) is 5.75 Å². The molecule has 1 aromatic heterocycles. The van der Waals surface area contributed by atoms with Gasteiger partial charge in [-0.2, -0.15) is 0 Å². The molecule has 1 amide bonds. The molecule has 1 N–H and O–H groups in total. The van der Waals surface area contributed by atoms with Crippen LogP contribution in [0.15, 0.2) is 36.7 Å². The minimum Gasteiger partial charge on any atom is -0.502 e. The highest BCUT2D eigenvalue weighted by atomic mass is 16.5. The summed E-state index contributed by atoms with van der Waals surface area (Å²) in [4.78, 5) is 20.6. The minimum atomic E-state index is 0.00603. The number of hydrogen-bond acceptors (Lipinski definition) is 6. The maximum Gasteiger partial charge on any atom is 0.254 e. The molecule has 1 aliphatic rings. The van der Waals surface area contributed by atoms with Crippen LogP contribution in [0, 0.1) is 0 Å². The van der Waals surface area contributed by atoms with Crippen molar-refractivity contribution in [2.45, 2.75) is 6.54 Å². The molecule has 2 aromatic rings. The summed E-state index contributed by atoms with van der Waals surface area (Å²) in [5.41, 5.74) is 1.66. The molecule has 0 spiro atoms. The van der Waals surface area contributed by atoms with E-state index in [4.69, 9.17) is 9.47 Å².